The number of hydrogen-bond acceptors (Lipinski definition) is 5. The van der Waals surface area contributed by atoms with Crippen LogP contribution >= 0.6 is 22.9 Å². The van der Waals surface area contributed by atoms with Crippen molar-refractivity contribution in [2.45, 2.75) is 18.0 Å². The third-order valence-electron chi connectivity index (χ3n) is 2.44. The van der Waals surface area contributed by atoms with Gasteiger partial charge in [0.15, 0.2) is 0 Å². The maximum atomic E-state index is 14.0. The van der Waals surface area contributed by atoms with E-state index in [9.17, 15) is 12.8 Å². The first-order valence-corrected chi connectivity index (χ1v) is 8.15. The van der Waals surface area contributed by atoms with Gasteiger partial charge < -0.3 is 5.11 Å². The lowest BCUT2D eigenvalue weighted by molar-refractivity contribution is 0.274. The Morgan fingerprint density at radius 1 is 1.45 bits per heavy atom. The van der Waals surface area contributed by atoms with Crippen molar-refractivity contribution in [1.29, 1.82) is 0 Å². The van der Waals surface area contributed by atoms with Gasteiger partial charge in [0.2, 0.25) is 10.0 Å². The van der Waals surface area contributed by atoms with E-state index in [1.54, 1.807) is 5.38 Å². The smallest absolute Gasteiger partial charge is 0.243 e. The molecule has 1 aromatic carbocycles. The minimum Gasteiger partial charge on any atom is -0.392 e. The van der Waals surface area contributed by atoms with Gasteiger partial charge in [0.05, 0.1) is 13.2 Å². The van der Waals surface area contributed by atoms with E-state index in [0.29, 0.717) is 5.01 Å². The van der Waals surface area contributed by atoms with Gasteiger partial charge in [0.1, 0.15) is 15.7 Å². The molecule has 9 heteroatoms. The molecular formula is C11H10ClFN2O3S2. The van der Waals surface area contributed by atoms with Crippen LogP contribution in [0.4, 0.5) is 4.39 Å². The minimum absolute atomic E-state index is 0.0325. The number of rotatable bonds is 5. The van der Waals surface area contributed by atoms with E-state index in [-0.39, 0.29) is 17.1 Å². The maximum Gasteiger partial charge on any atom is 0.243 e. The first-order valence-electron chi connectivity index (χ1n) is 5.41. The zero-order valence-corrected chi connectivity index (χ0v) is 12.4. The lowest BCUT2D eigenvalue weighted by Crippen LogP contribution is -2.24. The fourth-order valence-corrected chi connectivity index (χ4v) is 3.59. The van der Waals surface area contributed by atoms with E-state index in [2.05, 4.69) is 9.71 Å². The van der Waals surface area contributed by atoms with Crippen LogP contribution in [0.5, 0.6) is 0 Å². The molecule has 0 aliphatic carbocycles. The molecule has 0 atom stereocenters. The standard InChI is InChI=1S/C11H10ClFN2O3S2/c12-8-3-7(6-16)11(13)9(4-8)20(17,18)15-5-10-14-1-2-19-10/h1-4,15-16H,5-6H2. The second kappa shape index (κ2) is 6.15. The van der Waals surface area contributed by atoms with Gasteiger partial charge in [-0.15, -0.1) is 11.3 Å². The Balaban J connectivity index is 2.31. The largest absolute Gasteiger partial charge is 0.392 e. The molecule has 0 radical (unpaired) electrons. The van der Waals surface area contributed by atoms with Crippen LogP contribution in [0.25, 0.3) is 0 Å². The number of nitrogens with zero attached hydrogens (tertiary/aromatic N) is 1. The van der Waals surface area contributed by atoms with Gasteiger partial charge in [0, 0.05) is 22.2 Å². The second-order valence-corrected chi connectivity index (χ2v) is 6.94. The summed E-state index contributed by atoms with van der Waals surface area (Å²) in [6.07, 6.45) is 1.54. The SMILES string of the molecule is O=S(=O)(NCc1nccs1)c1cc(Cl)cc(CO)c1F. The molecule has 5 nitrogen and oxygen atoms in total. The molecule has 0 spiro atoms. The highest BCUT2D eigenvalue weighted by molar-refractivity contribution is 7.89. The molecule has 0 aliphatic heterocycles. The summed E-state index contributed by atoms with van der Waals surface area (Å²) < 4.78 is 40.3. The molecule has 0 saturated heterocycles. The second-order valence-electron chi connectivity index (χ2n) is 3.79. The molecule has 2 N–H and O–H groups in total. The van der Waals surface area contributed by atoms with Crippen LogP contribution in [0.2, 0.25) is 5.02 Å². The first-order chi connectivity index (χ1) is 9.44. The third-order valence-corrected chi connectivity index (χ3v) is 4.83. The third kappa shape index (κ3) is 3.33. The number of halogens is 2. The lowest BCUT2D eigenvalue weighted by atomic mass is 10.2. The Morgan fingerprint density at radius 3 is 2.80 bits per heavy atom. The Hall–Kier alpha value is -1.06. The molecule has 0 fully saturated rings. The average Bonchev–Trinajstić information content (AvgIpc) is 2.92. The van der Waals surface area contributed by atoms with Crippen LogP contribution in [-0.2, 0) is 23.2 Å². The molecule has 20 heavy (non-hydrogen) atoms. The minimum atomic E-state index is -4.08. The summed E-state index contributed by atoms with van der Waals surface area (Å²) in [5.41, 5.74) is -0.174. The monoisotopic (exact) mass is 336 g/mol. The van der Waals surface area contributed by atoms with Gasteiger partial charge in [-0.2, -0.15) is 0 Å². The number of aliphatic hydroxyl groups excluding tert-OH is 1. The quantitative estimate of drug-likeness (QED) is 0.874. The summed E-state index contributed by atoms with van der Waals surface area (Å²) in [5.74, 6) is -1.01. The van der Waals surface area contributed by atoms with Crippen LogP contribution in [-0.4, -0.2) is 18.5 Å². The number of aliphatic hydroxyl groups is 1. The Bertz CT molecular complexity index is 705. The van der Waals surface area contributed by atoms with Crippen molar-refractivity contribution in [3.05, 3.63) is 45.1 Å². The fourth-order valence-electron chi connectivity index (χ4n) is 1.50. The summed E-state index contributed by atoms with van der Waals surface area (Å²) in [5, 5.41) is 11.3. The molecule has 0 amide bonds. The van der Waals surface area contributed by atoms with E-state index < -0.39 is 27.3 Å². The van der Waals surface area contributed by atoms with Crippen molar-refractivity contribution in [1.82, 2.24) is 9.71 Å². The molecule has 2 rings (SSSR count). The van der Waals surface area contributed by atoms with Crippen molar-refractivity contribution >= 4 is 33.0 Å². The van der Waals surface area contributed by atoms with Crippen molar-refractivity contribution in [3.63, 3.8) is 0 Å². The van der Waals surface area contributed by atoms with Crippen molar-refractivity contribution in [2.24, 2.45) is 0 Å². The molecule has 0 bridgehead atoms. The normalized spacial score (nSPS) is 11.8. The predicted molar refractivity (Wildman–Crippen MR) is 73.5 cm³/mol. The zero-order chi connectivity index (χ0) is 14.8. The van der Waals surface area contributed by atoms with Crippen LogP contribution in [0.1, 0.15) is 10.6 Å². The highest BCUT2D eigenvalue weighted by atomic mass is 35.5. The first kappa shape index (κ1) is 15.3. The maximum absolute atomic E-state index is 14.0. The van der Waals surface area contributed by atoms with Gasteiger partial charge in [-0.05, 0) is 12.1 Å². The molecule has 0 saturated carbocycles. The summed E-state index contributed by atoms with van der Waals surface area (Å²) in [4.78, 5) is 3.33. The van der Waals surface area contributed by atoms with Crippen LogP contribution in [0.3, 0.4) is 0 Å². The summed E-state index contributed by atoms with van der Waals surface area (Å²) in [7, 11) is -4.08. The lowest BCUT2D eigenvalue weighted by Gasteiger charge is -2.09. The van der Waals surface area contributed by atoms with E-state index in [1.807, 2.05) is 0 Å². The number of thiazole rings is 1. The molecule has 0 aliphatic rings. The number of aromatic nitrogens is 1. The van der Waals surface area contributed by atoms with Gasteiger partial charge in [-0.1, -0.05) is 11.6 Å². The number of benzene rings is 1. The molecule has 0 unspecified atom stereocenters. The Morgan fingerprint density at radius 2 is 2.20 bits per heavy atom. The number of sulfonamides is 1. The topological polar surface area (TPSA) is 79.3 Å². The molecule has 1 heterocycles. The predicted octanol–water partition coefficient (Wildman–Crippen LogP) is 1.91. The van der Waals surface area contributed by atoms with E-state index in [1.165, 1.54) is 23.6 Å². The fraction of sp³-hybridized carbons (Fsp3) is 0.182. The zero-order valence-electron chi connectivity index (χ0n) is 10.0. The van der Waals surface area contributed by atoms with Gasteiger partial charge in [-0.25, -0.2) is 22.5 Å². The molecule has 2 aromatic rings. The summed E-state index contributed by atoms with van der Waals surface area (Å²) >= 11 is 7.00. The van der Waals surface area contributed by atoms with Crippen LogP contribution in [0.15, 0.2) is 28.6 Å². The molecule has 108 valence electrons. The Labute approximate surface area is 124 Å². The van der Waals surface area contributed by atoms with E-state index in [4.69, 9.17) is 16.7 Å². The Kier molecular flexibility index (Phi) is 4.71. The molecule has 1 aromatic heterocycles. The number of nitrogens with one attached hydrogen (secondary N) is 1. The van der Waals surface area contributed by atoms with Crippen molar-refractivity contribution in [2.75, 3.05) is 0 Å². The van der Waals surface area contributed by atoms with Crippen LogP contribution in [0, 0.1) is 5.82 Å². The summed E-state index contributed by atoms with van der Waals surface area (Å²) in [6, 6.07) is 2.18. The highest BCUT2D eigenvalue weighted by Crippen LogP contribution is 2.24. The molecular weight excluding hydrogens is 327 g/mol. The van der Waals surface area contributed by atoms with Crippen molar-refractivity contribution < 1.29 is 17.9 Å². The van der Waals surface area contributed by atoms with Crippen molar-refractivity contribution in [3.8, 4) is 0 Å². The average molecular weight is 337 g/mol. The van der Waals surface area contributed by atoms with Gasteiger partial charge >= 0.3 is 0 Å². The highest BCUT2D eigenvalue weighted by Gasteiger charge is 2.22. The summed E-state index contributed by atoms with van der Waals surface area (Å²) in [6.45, 7) is -0.679. The number of hydrogen-bond donors (Lipinski definition) is 2. The van der Waals surface area contributed by atoms with Crippen LogP contribution < -0.4 is 4.72 Å². The van der Waals surface area contributed by atoms with Gasteiger partial charge in [-0.3, -0.25) is 0 Å². The van der Waals surface area contributed by atoms with Gasteiger partial charge in [0.25, 0.3) is 0 Å². The van der Waals surface area contributed by atoms with E-state index in [0.717, 1.165) is 6.07 Å². The van der Waals surface area contributed by atoms with E-state index >= 15 is 0 Å².